The van der Waals surface area contributed by atoms with Gasteiger partial charge in [0.1, 0.15) is 11.6 Å². The van der Waals surface area contributed by atoms with Crippen molar-refractivity contribution in [3.05, 3.63) is 71.4 Å². The number of nitrogens with zero attached hydrogens (tertiary/aromatic N) is 5. The average molecular weight is 421 g/mol. The first-order valence-electron chi connectivity index (χ1n) is 10.7. The topological polar surface area (TPSA) is 57.2 Å². The quantitative estimate of drug-likeness (QED) is 0.562. The number of rotatable bonds is 8. The lowest BCUT2D eigenvalue weighted by Gasteiger charge is -2.29. The van der Waals surface area contributed by atoms with E-state index in [-0.39, 0.29) is 5.82 Å². The summed E-state index contributed by atoms with van der Waals surface area (Å²) in [6.45, 7) is 3.99. The summed E-state index contributed by atoms with van der Waals surface area (Å²) in [5.41, 5.74) is 3.85. The number of anilines is 1. The number of aromatic nitrogens is 3. The molecular weight excluding hydrogens is 391 g/mol. The molecule has 4 rings (SSSR count). The summed E-state index contributed by atoms with van der Waals surface area (Å²) in [7, 11) is 4.16. The van der Waals surface area contributed by atoms with Crippen LogP contribution in [-0.4, -0.2) is 58.5 Å². The summed E-state index contributed by atoms with van der Waals surface area (Å²) >= 11 is 0. The van der Waals surface area contributed by atoms with E-state index in [0.717, 1.165) is 55.1 Å². The number of hydrogen-bond acceptors (Lipinski definition) is 6. The van der Waals surface area contributed by atoms with Gasteiger partial charge < -0.3 is 10.2 Å². The fraction of sp³-hybridized carbons (Fsp3) is 0.375. The molecule has 0 atom stereocenters. The minimum atomic E-state index is -0.156. The number of benzene rings is 1. The van der Waals surface area contributed by atoms with Crippen molar-refractivity contribution in [1.29, 1.82) is 0 Å². The molecule has 0 bridgehead atoms. The van der Waals surface area contributed by atoms with Crippen molar-refractivity contribution in [1.82, 2.24) is 24.8 Å². The monoisotopic (exact) mass is 420 g/mol. The van der Waals surface area contributed by atoms with E-state index in [0.29, 0.717) is 18.9 Å². The maximum Gasteiger partial charge on any atom is 0.161 e. The van der Waals surface area contributed by atoms with Crippen LogP contribution in [0.25, 0.3) is 11.4 Å². The van der Waals surface area contributed by atoms with Gasteiger partial charge in [0.25, 0.3) is 0 Å². The van der Waals surface area contributed by atoms with E-state index < -0.39 is 0 Å². The highest BCUT2D eigenvalue weighted by atomic mass is 19.1. The first-order chi connectivity index (χ1) is 15.1. The fourth-order valence-electron chi connectivity index (χ4n) is 3.87. The van der Waals surface area contributed by atoms with E-state index in [4.69, 9.17) is 9.97 Å². The molecule has 1 N–H and O–H groups in total. The lowest BCUT2D eigenvalue weighted by atomic mass is 10.0. The molecule has 1 aliphatic heterocycles. The van der Waals surface area contributed by atoms with Crippen LogP contribution < -0.4 is 5.32 Å². The van der Waals surface area contributed by atoms with E-state index in [1.165, 1.54) is 11.6 Å². The number of halogens is 1. The van der Waals surface area contributed by atoms with E-state index >= 15 is 0 Å². The van der Waals surface area contributed by atoms with Gasteiger partial charge in [0.05, 0.1) is 5.69 Å². The standard InChI is InChI=1S/C24H29FN6/c1-30(2)14-5-11-27-24-20-10-15-31(16-19-6-3-4-7-21(19)25)17-22(20)28-23(29-24)18-8-12-26-13-9-18/h3-4,6-9,12-13H,5,10-11,14-17H2,1-2H3,(H,27,28,29). The van der Waals surface area contributed by atoms with E-state index in [9.17, 15) is 4.39 Å². The predicted octanol–water partition coefficient (Wildman–Crippen LogP) is 3.60. The lowest BCUT2D eigenvalue weighted by Crippen LogP contribution is -2.32. The molecule has 3 aromatic rings. The summed E-state index contributed by atoms with van der Waals surface area (Å²) in [6.07, 6.45) is 5.39. The van der Waals surface area contributed by atoms with Crippen LogP contribution in [0.1, 0.15) is 23.2 Å². The number of nitrogens with one attached hydrogen (secondary N) is 1. The molecule has 0 saturated carbocycles. The van der Waals surface area contributed by atoms with E-state index in [1.54, 1.807) is 18.5 Å². The van der Waals surface area contributed by atoms with Gasteiger partial charge >= 0.3 is 0 Å². The fourth-order valence-corrected chi connectivity index (χ4v) is 3.87. The number of fused-ring (bicyclic) bond motifs is 1. The van der Waals surface area contributed by atoms with Crippen LogP contribution in [0.2, 0.25) is 0 Å². The largest absolute Gasteiger partial charge is 0.370 e. The Morgan fingerprint density at radius 2 is 1.90 bits per heavy atom. The molecule has 0 fully saturated rings. The third-order valence-electron chi connectivity index (χ3n) is 5.51. The molecule has 1 aromatic carbocycles. The summed E-state index contributed by atoms with van der Waals surface area (Å²) in [5.74, 6) is 1.46. The summed E-state index contributed by atoms with van der Waals surface area (Å²) < 4.78 is 14.1. The molecule has 2 aromatic heterocycles. The van der Waals surface area contributed by atoms with Crippen molar-refractivity contribution in [2.45, 2.75) is 25.9 Å². The number of pyridine rings is 1. The van der Waals surface area contributed by atoms with Crippen LogP contribution in [0, 0.1) is 5.82 Å². The van der Waals surface area contributed by atoms with Crippen LogP contribution in [0.4, 0.5) is 10.2 Å². The minimum absolute atomic E-state index is 0.156. The Balaban J connectivity index is 1.58. The first-order valence-corrected chi connectivity index (χ1v) is 10.7. The van der Waals surface area contributed by atoms with Crippen LogP contribution in [-0.2, 0) is 19.5 Å². The van der Waals surface area contributed by atoms with Gasteiger partial charge in [-0.2, -0.15) is 0 Å². The van der Waals surface area contributed by atoms with Crippen LogP contribution in [0.3, 0.4) is 0 Å². The Kier molecular flexibility index (Phi) is 6.84. The molecule has 0 unspecified atom stereocenters. The summed E-state index contributed by atoms with van der Waals surface area (Å²) in [4.78, 5) is 18.3. The maximum atomic E-state index is 14.1. The van der Waals surface area contributed by atoms with Crippen molar-refractivity contribution in [2.24, 2.45) is 0 Å². The van der Waals surface area contributed by atoms with Crippen molar-refractivity contribution in [3.63, 3.8) is 0 Å². The Labute approximate surface area is 183 Å². The lowest BCUT2D eigenvalue weighted by molar-refractivity contribution is 0.238. The molecule has 0 amide bonds. The van der Waals surface area contributed by atoms with Crippen LogP contribution >= 0.6 is 0 Å². The summed E-state index contributed by atoms with van der Waals surface area (Å²) in [6, 6.07) is 10.8. The van der Waals surface area contributed by atoms with Gasteiger partial charge in [0.2, 0.25) is 0 Å². The molecule has 0 saturated heterocycles. The highest BCUT2D eigenvalue weighted by molar-refractivity contribution is 5.59. The molecular formula is C24H29FN6. The Hall–Kier alpha value is -2.90. The van der Waals surface area contributed by atoms with Gasteiger partial charge in [-0.05, 0) is 51.7 Å². The third kappa shape index (κ3) is 5.42. The van der Waals surface area contributed by atoms with Gasteiger partial charge in [0, 0.05) is 55.3 Å². The minimum Gasteiger partial charge on any atom is -0.370 e. The van der Waals surface area contributed by atoms with Gasteiger partial charge in [-0.1, -0.05) is 18.2 Å². The highest BCUT2D eigenvalue weighted by Crippen LogP contribution is 2.28. The molecule has 1 aliphatic rings. The Morgan fingerprint density at radius 3 is 2.68 bits per heavy atom. The zero-order valence-electron chi connectivity index (χ0n) is 18.2. The van der Waals surface area contributed by atoms with Crippen molar-refractivity contribution < 1.29 is 4.39 Å². The zero-order valence-corrected chi connectivity index (χ0v) is 18.2. The normalized spacial score (nSPS) is 13.9. The maximum absolute atomic E-state index is 14.1. The van der Waals surface area contributed by atoms with Gasteiger partial charge in [-0.25, -0.2) is 14.4 Å². The molecule has 162 valence electrons. The first kappa shape index (κ1) is 21.3. The second kappa shape index (κ2) is 9.94. The molecule has 0 spiro atoms. The van der Waals surface area contributed by atoms with Crippen molar-refractivity contribution in [3.8, 4) is 11.4 Å². The van der Waals surface area contributed by atoms with Crippen molar-refractivity contribution in [2.75, 3.05) is 39.0 Å². The van der Waals surface area contributed by atoms with Gasteiger partial charge in [0.15, 0.2) is 5.82 Å². The second-order valence-electron chi connectivity index (χ2n) is 8.19. The SMILES string of the molecule is CN(C)CCCNc1nc(-c2ccncc2)nc2c1CCN(Cc1ccccc1F)C2. The molecule has 0 aliphatic carbocycles. The average Bonchev–Trinajstić information content (AvgIpc) is 2.78. The predicted molar refractivity (Wildman–Crippen MR) is 121 cm³/mol. The zero-order chi connectivity index (χ0) is 21.6. The molecule has 7 heteroatoms. The molecule has 6 nitrogen and oxygen atoms in total. The van der Waals surface area contributed by atoms with E-state index in [1.807, 2.05) is 24.3 Å². The Bertz CT molecular complexity index is 1010. The summed E-state index contributed by atoms with van der Waals surface area (Å²) in [5, 5.41) is 3.54. The van der Waals surface area contributed by atoms with Crippen LogP contribution in [0.5, 0.6) is 0 Å². The highest BCUT2D eigenvalue weighted by Gasteiger charge is 2.23. The third-order valence-corrected chi connectivity index (χ3v) is 5.51. The smallest absolute Gasteiger partial charge is 0.161 e. The van der Waals surface area contributed by atoms with Gasteiger partial charge in [-0.15, -0.1) is 0 Å². The second-order valence-corrected chi connectivity index (χ2v) is 8.19. The van der Waals surface area contributed by atoms with E-state index in [2.05, 4.69) is 34.2 Å². The van der Waals surface area contributed by atoms with Crippen LogP contribution in [0.15, 0.2) is 48.8 Å². The Morgan fingerprint density at radius 1 is 1.10 bits per heavy atom. The molecule has 3 heterocycles. The van der Waals surface area contributed by atoms with Crippen molar-refractivity contribution >= 4 is 5.82 Å². The molecule has 31 heavy (non-hydrogen) atoms. The van der Waals surface area contributed by atoms with Gasteiger partial charge in [-0.3, -0.25) is 9.88 Å². The molecule has 0 radical (unpaired) electrons. The number of hydrogen-bond donors (Lipinski definition) is 1.